The standard InChI is InChI=1S/C29H34N2O5S/c1-21-9-11-22(12-10-21)29(33)30(15-6-17-34-2)19-28(32)31-16-13-27-23(14-18-37-27)24(31)20-36-26-8-5-4-7-25(26)35-3/h4-5,7-12,14,18,24H,6,13,15-17,19-20H2,1-3H3/t24-/m1/s1. The predicted octanol–water partition coefficient (Wildman–Crippen LogP) is 4.75. The lowest BCUT2D eigenvalue weighted by Gasteiger charge is -2.37. The zero-order chi connectivity index (χ0) is 26.2. The second-order valence-corrected chi connectivity index (χ2v) is 10.1. The van der Waals surface area contributed by atoms with Crippen molar-refractivity contribution in [2.45, 2.75) is 25.8 Å². The van der Waals surface area contributed by atoms with Crippen LogP contribution in [0.15, 0.2) is 60.0 Å². The molecule has 2 heterocycles. The maximum Gasteiger partial charge on any atom is 0.254 e. The van der Waals surface area contributed by atoms with Gasteiger partial charge in [0.1, 0.15) is 13.2 Å². The minimum absolute atomic E-state index is 0.00104. The van der Waals surface area contributed by atoms with Gasteiger partial charge in [-0.15, -0.1) is 11.3 Å². The van der Waals surface area contributed by atoms with E-state index in [9.17, 15) is 9.59 Å². The van der Waals surface area contributed by atoms with E-state index in [1.165, 1.54) is 4.88 Å². The number of benzene rings is 2. The van der Waals surface area contributed by atoms with Gasteiger partial charge in [0, 0.05) is 37.2 Å². The monoisotopic (exact) mass is 522 g/mol. The average molecular weight is 523 g/mol. The molecule has 37 heavy (non-hydrogen) atoms. The van der Waals surface area contributed by atoms with Crippen molar-refractivity contribution in [1.82, 2.24) is 9.80 Å². The van der Waals surface area contributed by atoms with Crippen molar-refractivity contribution in [2.24, 2.45) is 0 Å². The Morgan fingerprint density at radius 2 is 1.81 bits per heavy atom. The number of ether oxygens (including phenoxy) is 3. The van der Waals surface area contributed by atoms with E-state index in [0.717, 1.165) is 17.5 Å². The largest absolute Gasteiger partial charge is 0.493 e. The highest BCUT2D eigenvalue weighted by Crippen LogP contribution is 2.35. The summed E-state index contributed by atoms with van der Waals surface area (Å²) in [5, 5.41) is 2.06. The van der Waals surface area contributed by atoms with Gasteiger partial charge in [-0.05, 0) is 61.0 Å². The molecule has 1 atom stereocenters. The topological polar surface area (TPSA) is 68.3 Å². The Morgan fingerprint density at radius 1 is 1.05 bits per heavy atom. The molecule has 0 bridgehead atoms. The Morgan fingerprint density at radius 3 is 2.54 bits per heavy atom. The first-order chi connectivity index (χ1) is 18.0. The third-order valence-electron chi connectivity index (χ3n) is 6.57. The fraction of sp³-hybridized carbons (Fsp3) is 0.379. The first-order valence-corrected chi connectivity index (χ1v) is 13.4. The van der Waals surface area contributed by atoms with E-state index in [0.29, 0.717) is 49.8 Å². The summed E-state index contributed by atoms with van der Waals surface area (Å²) in [7, 11) is 3.24. The van der Waals surface area contributed by atoms with Gasteiger partial charge in [0.25, 0.3) is 5.91 Å². The molecule has 0 N–H and O–H groups in total. The summed E-state index contributed by atoms with van der Waals surface area (Å²) >= 11 is 1.71. The number of methoxy groups -OCH3 is 2. The molecular formula is C29H34N2O5S. The van der Waals surface area contributed by atoms with Gasteiger partial charge >= 0.3 is 0 Å². The number of carbonyl (C=O) groups is 2. The molecule has 0 saturated carbocycles. The van der Waals surface area contributed by atoms with Gasteiger partial charge in [-0.3, -0.25) is 9.59 Å². The highest BCUT2D eigenvalue weighted by Gasteiger charge is 2.33. The number of hydrogen-bond acceptors (Lipinski definition) is 6. The second kappa shape index (κ2) is 12.7. The molecule has 0 aliphatic carbocycles. The summed E-state index contributed by atoms with van der Waals surface area (Å²) < 4.78 is 16.8. The normalized spacial score (nSPS) is 14.7. The van der Waals surface area contributed by atoms with Crippen LogP contribution in [0.25, 0.3) is 0 Å². The number of para-hydroxylation sites is 2. The van der Waals surface area contributed by atoms with E-state index in [2.05, 4.69) is 11.4 Å². The lowest BCUT2D eigenvalue weighted by Crippen LogP contribution is -2.48. The minimum Gasteiger partial charge on any atom is -0.493 e. The van der Waals surface area contributed by atoms with Gasteiger partial charge in [-0.2, -0.15) is 0 Å². The molecule has 0 unspecified atom stereocenters. The van der Waals surface area contributed by atoms with Gasteiger partial charge in [0.2, 0.25) is 5.91 Å². The van der Waals surface area contributed by atoms with E-state index >= 15 is 0 Å². The van der Waals surface area contributed by atoms with Gasteiger partial charge in [0.15, 0.2) is 11.5 Å². The molecule has 2 aromatic carbocycles. The summed E-state index contributed by atoms with van der Waals surface area (Å²) in [6, 6.07) is 16.8. The van der Waals surface area contributed by atoms with Gasteiger partial charge in [0.05, 0.1) is 13.2 Å². The summed E-state index contributed by atoms with van der Waals surface area (Å²) in [6.07, 6.45) is 1.44. The molecular weight excluding hydrogens is 488 g/mol. The number of amides is 2. The minimum atomic E-state index is -0.247. The number of carbonyl (C=O) groups excluding carboxylic acids is 2. The van der Waals surface area contributed by atoms with Gasteiger partial charge < -0.3 is 24.0 Å². The van der Waals surface area contributed by atoms with Crippen LogP contribution in [0, 0.1) is 6.92 Å². The molecule has 196 valence electrons. The van der Waals surface area contributed by atoms with Crippen LogP contribution >= 0.6 is 11.3 Å². The Balaban J connectivity index is 1.53. The first kappa shape index (κ1) is 26.7. The molecule has 0 spiro atoms. The molecule has 0 saturated heterocycles. The third kappa shape index (κ3) is 6.50. The highest BCUT2D eigenvalue weighted by atomic mass is 32.1. The lowest BCUT2D eigenvalue weighted by molar-refractivity contribution is -0.135. The van der Waals surface area contributed by atoms with Crippen LogP contribution < -0.4 is 9.47 Å². The quantitative estimate of drug-likeness (QED) is 0.340. The number of rotatable bonds is 11. The summed E-state index contributed by atoms with van der Waals surface area (Å²) in [5.41, 5.74) is 2.76. The Bertz CT molecular complexity index is 1190. The van der Waals surface area contributed by atoms with E-state index < -0.39 is 0 Å². The molecule has 8 heteroatoms. The van der Waals surface area contributed by atoms with Crippen LogP contribution in [0.3, 0.4) is 0 Å². The maximum absolute atomic E-state index is 13.7. The zero-order valence-corrected chi connectivity index (χ0v) is 22.5. The lowest BCUT2D eigenvalue weighted by atomic mass is 10.00. The average Bonchev–Trinajstić information content (AvgIpc) is 3.40. The van der Waals surface area contributed by atoms with Gasteiger partial charge in [-0.1, -0.05) is 29.8 Å². The van der Waals surface area contributed by atoms with Crippen molar-refractivity contribution < 1.29 is 23.8 Å². The van der Waals surface area contributed by atoms with E-state index in [1.54, 1.807) is 30.5 Å². The van der Waals surface area contributed by atoms with Crippen molar-refractivity contribution in [3.8, 4) is 11.5 Å². The number of hydrogen-bond donors (Lipinski definition) is 0. The van der Waals surface area contributed by atoms with E-state index in [1.807, 2.05) is 60.4 Å². The molecule has 0 radical (unpaired) electrons. The Kier molecular flexibility index (Phi) is 9.19. The number of thiophene rings is 1. The van der Waals surface area contributed by atoms with Gasteiger partial charge in [-0.25, -0.2) is 0 Å². The third-order valence-corrected chi connectivity index (χ3v) is 7.57. The second-order valence-electron chi connectivity index (χ2n) is 9.05. The Labute approximate surface area is 222 Å². The summed E-state index contributed by atoms with van der Waals surface area (Å²) in [5.74, 6) is 1.04. The predicted molar refractivity (Wildman–Crippen MR) is 145 cm³/mol. The molecule has 2 amide bonds. The molecule has 1 aliphatic heterocycles. The molecule has 4 rings (SSSR count). The molecule has 1 aliphatic rings. The molecule has 3 aromatic rings. The van der Waals surface area contributed by atoms with Crippen molar-refractivity contribution >= 4 is 23.2 Å². The van der Waals surface area contributed by atoms with E-state index in [4.69, 9.17) is 14.2 Å². The SMILES string of the molecule is COCCCN(CC(=O)N1CCc2sccc2[C@H]1COc1ccccc1OC)C(=O)c1ccc(C)cc1. The van der Waals surface area contributed by atoms with E-state index in [-0.39, 0.29) is 24.4 Å². The molecule has 1 aromatic heterocycles. The summed E-state index contributed by atoms with van der Waals surface area (Å²) in [4.78, 5) is 31.9. The van der Waals surface area contributed by atoms with Crippen molar-refractivity contribution in [3.63, 3.8) is 0 Å². The Hall–Kier alpha value is -3.36. The van der Waals surface area contributed by atoms with Crippen LogP contribution in [0.2, 0.25) is 0 Å². The number of aryl methyl sites for hydroxylation is 1. The fourth-order valence-corrected chi connectivity index (χ4v) is 5.49. The zero-order valence-electron chi connectivity index (χ0n) is 21.6. The van der Waals surface area contributed by atoms with Crippen LogP contribution in [0.4, 0.5) is 0 Å². The number of fused-ring (bicyclic) bond motifs is 1. The smallest absolute Gasteiger partial charge is 0.254 e. The first-order valence-electron chi connectivity index (χ1n) is 12.5. The highest BCUT2D eigenvalue weighted by molar-refractivity contribution is 7.10. The van der Waals surface area contributed by atoms with Crippen LogP contribution in [0.1, 0.15) is 38.8 Å². The van der Waals surface area contributed by atoms with Crippen LogP contribution in [-0.2, 0) is 16.0 Å². The molecule has 0 fully saturated rings. The maximum atomic E-state index is 13.7. The van der Waals surface area contributed by atoms with Crippen molar-refractivity contribution in [2.75, 3.05) is 47.1 Å². The summed E-state index contributed by atoms with van der Waals surface area (Å²) in [6.45, 7) is 3.81. The number of nitrogens with zero attached hydrogens (tertiary/aromatic N) is 2. The van der Waals surface area contributed by atoms with Crippen molar-refractivity contribution in [3.05, 3.63) is 81.5 Å². The van der Waals surface area contributed by atoms with Crippen molar-refractivity contribution in [1.29, 1.82) is 0 Å². The van der Waals surface area contributed by atoms with Crippen LogP contribution in [0.5, 0.6) is 11.5 Å². The fourth-order valence-electron chi connectivity index (χ4n) is 4.57. The molecule has 7 nitrogen and oxygen atoms in total. The van der Waals surface area contributed by atoms with Crippen LogP contribution in [-0.4, -0.2) is 68.7 Å².